The lowest BCUT2D eigenvalue weighted by atomic mass is 10.2. The Morgan fingerprint density at radius 2 is 2.28 bits per heavy atom. The highest BCUT2D eigenvalue weighted by Gasteiger charge is 2.17. The van der Waals surface area contributed by atoms with E-state index in [9.17, 15) is 4.79 Å². The average Bonchev–Trinajstić information content (AvgIpc) is 2.93. The summed E-state index contributed by atoms with van der Waals surface area (Å²) in [6.07, 6.45) is 0. The minimum atomic E-state index is -0.982. The number of H-pyrrole nitrogens is 1. The van der Waals surface area contributed by atoms with Gasteiger partial charge in [-0.3, -0.25) is 0 Å². The molecule has 0 aliphatic rings. The molecule has 0 bridgehead atoms. The van der Waals surface area contributed by atoms with Crippen molar-refractivity contribution in [2.75, 3.05) is 0 Å². The van der Waals surface area contributed by atoms with E-state index in [4.69, 9.17) is 5.11 Å². The van der Waals surface area contributed by atoms with Crippen LogP contribution in [0.5, 0.6) is 0 Å². The molecule has 0 spiro atoms. The summed E-state index contributed by atoms with van der Waals surface area (Å²) in [5.41, 5.74) is 4.70. The number of benzene rings is 1. The third-order valence-corrected chi connectivity index (χ3v) is 3.44. The molecule has 90 valence electrons. The van der Waals surface area contributed by atoms with E-state index in [0.29, 0.717) is 11.5 Å². The van der Waals surface area contributed by atoms with Crippen molar-refractivity contribution < 1.29 is 9.90 Å². The molecule has 2 heterocycles. The van der Waals surface area contributed by atoms with Crippen molar-refractivity contribution in [3.8, 4) is 11.5 Å². The molecule has 0 unspecified atom stereocenters. The van der Waals surface area contributed by atoms with Crippen molar-refractivity contribution in [2.45, 2.75) is 6.92 Å². The number of thiazole rings is 1. The number of carbonyl (C=O) groups is 1. The monoisotopic (exact) mass is 259 g/mol. The van der Waals surface area contributed by atoms with Gasteiger partial charge in [0.2, 0.25) is 0 Å². The maximum Gasteiger partial charge on any atom is 0.348 e. The van der Waals surface area contributed by atoms with Gasteiger partial charge in [-0.15, -0.1) is 11.3 Å². The van der Waals surface area contributed by atoms with E-state index in [0.717, 1.165) is 27.9 Å². The minimum Gasteiger partial charge on any atom is -0.477 e. The molecule has 3 aromatic rings. The quantitative estimate of drug-likeness (QED) is 0.741. The van der Waals surface area contributed by atoms with Crippen LogP contribution in [0.25, 0.3) is 22.6 Å². The SMILES string of the molecule is Cc1ccc2[nH]c(-c3ncsc3C(=O)O)nc2c1. The van der Waals surface area contributed by atoms with Gasteiger partial charge in [0.15, 0.2) is 5.82 Å². The van der Waals surface area contributed by atoms with E-state index in [1.807, 2.05) is 25.1 Å². The largest absolute Gasteiger partial charge is 0.477 e. The fourth-order valence-electron chi connectivity index (χ4n) is 1.79. The number of hydrogen-bond acceptors (Lipinski definition) is 4. The smallest absolute Gasteiger partial charge is 0.348 e. The third-order valence-electron chi connectivity index (χ3n) is 2.62. The highest BCUT2D eigenvalue weighted by atomic mass is 32.1. The van der Waals surface area contributed by atoms with Crippen LogP contribution in [0, 0.1) is 6.92 Å². The lowest BCUT2D eigenvalue weighted by Gasteiger charge is -1.92. The molecular formula is C12H9N3O2S. The van der Waals surface area contributed by atoms with E-state index in [1.54, 1.807) is 0 Å². The summed E-state index contributed by atoms with van der Waals surface area (Å²) in [5.74, 6) is -0.488. The van der Waals surface area contributed by atoms with Gasteiger partial charge in [-0.1, -0.05) is 6.07 Å². The Kier molecular flexibility index (Phi) is 2.38. The minimum absolute atomic E-state index is 0.200. The Hall–Kier alpha value is -2.21. The van der Waals surface area contributed by atoms with Crippen molar-refractivity contribution in [3.63, 3.8) is 0 Å². The Morgan fingerprint density at radius 3 is 3.06 bits per heavy atom. The van der Waals surface area contributed by atoms with Gasteiger partial charge < -0.3 is 10.1 Å². The summed E-state index contributed by atoms with van der Waals surface area (Å²) < 4.78 is 0. The van der Waals surface area contributed by atoms with Crippen molar-refractivity contribution in [2.24, 2.45) is 0 Å². The van der Waals surface area contributed by atoms with Gasteiger partial charge >= 0.3 is 5.97 Å². The number of aromatic carboxylic acids is 1. The number of hydrogen-bond donors (Lipinski definition) is 2. The first-order valence-electron chi connectivity index (χ1n) is 5.28. The highest BCUT2D eigenvalue weighted by molar-refractivity contribution is 7.12. The molecular weight excluding hydrogens is 250 g/mol. The molecule has 0 aliphatic heterocycles. The summed E-state index contributed by atoms with van der Waals surface area (Å²) in [6, 6.07) is 5.85. The molecule has 0 fully saturated rings. The van der Waals surface area contributed by atoms with E-state index in [-0.39, 0.29) is 4.88 Å². The normalized spacial score (nSPS) is 10.9. The van der Waals surface area contributed by atoms with Gasteiger partial charge in [0.25, 0.3) is 0 Å². The van der Waals surface area contributed by atoms with Gasteiger partial charge in [0, 0.05) is 0 Å². The first-order valence-corrected chi connectivity index (χ1v) is 6.16. The van der Waals surface area contributed by atoms with Crippen LogP contribution < -0.4 is 0 Å². The Balaban J connectivity index is 2.19. The molecule has 3 rings (SSSR count). The number of fused-ring (bicyclic) bond motifs is 1. The summed E-state index contributed by atoms with van der Waals surface area (Å²) in [4.78, 5) is 22.8. The topological polar surface area (TPSA) is 78.9 Å². The van der Waals surface area contributed by atoms with Crippen LogP contribution >= 0.6 is 11.3 Å². The van der Waals surface area contributed by atoms with Gasteiger partial charge in [-0.05, 0) is 24.6 Å². The molecule has 5 nitrogen and oxygen atoms in total. The molecule has 2 N–H and O–H groups in total. The Labute approximate surface area is 106 Å². The number of rotatable bonds is 2. The fourth-order valence-corrected chi connectivity index (χ4v) is 2.42. The van der Waals surface area contributed by atoms with Crippen LogP contribution in [-0.2, 0) is 0 Å². The lowest BCUT2D eigenvalue weighted by Crippen LogP contribution is -1.96. The molecule has 0 radical (unpaired) electrons. The number of nitrogens with one attached hydrogen (secondary N) is 1. The van der Waals surface area contributed by atoms with E-state index in [1.165, 1.54) is 5.51 Å². The maximum atomic E-state index is 11.1. The molecule has 0 saturated heterocycles. The average molecular weight is 259 g/mol. The van der Waals surface area contributed by atoms with Gasteiger partial charge in [0.05, 0.1) is 16.5 Å². The standard InChI is InChI=1S/C12H9N3O2S/c1-6-2-3-7-8(4-6)15-11(14-7)9-10(12(16)17)18-5-13-9/h2-5H,1H3,(H,14,15)(H,16,17). The van der Waals surface area contributed by atoms with Crippen LogP contribution in [0.1, 0.15) is 15.2 Å². The number of aromatic amines is 1. The summed E-state index contributed by atoms with van der Waals surface area (Å²) in [5, 5.41) is 9.06. The zero-order chi connectivity index (χ0) is 12.7. The zero-order valence-corrected chi connectivity index (χ0v) is 10.3. The van der Waals surface area contributed by atoms with Crippen molar-refractivity contribution >= 4 is 28.3 Å². The Bertz CT molecular complexity index is 745. The number of nitrogens with zero attached hydrogens (tertiary/aromatic N) is 2. The molecule has 0 amide bonds. The van der Waals surface area contributed by atoms with E-state index >= 15 is 0 Å². The molecule has 18 heavy (non-hydrogen) atoms. The zero-order valence-electron chi connectivity index (χ0n) is 9.47. The third kappa shape index (κ3) is 1.67. The number of carboxylic acid groups (broad SMARTS) is 1. The van der Waals surface area contributed by atoms with Crippen LogP contribution in [0.3, 0.4) is 0 Å². The first-order chi connectivity index (χ1) is 8.65. The summed E-state index contributed by atoms with van der Waals surface area (Å²) in [7, 11) is 0. The molecule has 0 aliphatic carbocycles. The lowest BCUT2D eigenvalue weighted by molar-refractivity contribution is 0.0702. The number of imidazole rings is 1. The second-order valence-electron chi connectivity index (χ2n) is 3.94. The maximum absolute atomic E-state index is 11.1. The van der Waals surface area contributed by atoms with Crippen LogP contribution in [0.4, 0.5) is 0 Å². The predicted molar refractivity (Wildman–Crippen MR) is 68.9 cm³/mol. The first kappa shape index (κ1) is 10.9. The van der Waals surface area contributed by atoms with E-state index in [2.05, 4.69) is 15.0 Å². The van der Waals surface area contributed by atoms with Gasteiger partial charge in [-0.2, -0.15) is 0 Å². The molecule has 0 saturated carbocycles. The second kappa shape index (κ2) is 3.92. The van der Waals surface area contributed by atoms with Crippen LogP contribution in [0.2, 0.25) is 0 Å². The predicted octanol–water partition coefficient (Wildman–Crippen LogP) is 2.69. The molecule has 2 aromatic heterocycles. The van der Waals surface area contributed by atoms with Gasteiger partial charge in [-0.25, -0.2) is 14.8 Å². The second-order valence-corrected chi connectivity index (χ2v) is 4.80. The summed E-state index contributed by atoms with van der Waals surface area (Å²) >= 11 is 1.09. The van der Waals surface area contributed by atoms with Crippen molar-refractivity contribution in [1.82, 2.24) is 15.0 Å². The molecule has 6 heteroatoms. The fraction of sp³-hybridized carbons (Fsp3) is 0.0833. The molecule has 1 aromatic carbocycles. The summed E-state index contributed by atoms with van der Waals surface area (Å²) in [6.45, 7) is 1.99. The van der Waals surface area contributed by atoms with Crippen molar-refractivity contribution in [1.29, 1.82) is 0 Å². The molecule has 0 atom stereocenters. The van der Waals surface area contributed by atoms with Crippen molar-refractivity contribution in [3.05, 3.63) is 34.2 Å². The van der Waals surface area contributed by atoms with Crippen LogP contribution in [0.15, 0.2) is 23.7 Å². The number of aryl methyl sites for hydroxylation is 1. The van der Waals surface area contributed by atoms with Crippen LogP contribution in [-0.4, -0.2) is 26.0 Å². The number of aromatic nitrogens is 3. The van der Waals surface area contributed by atoms with Gasteiger partial charge in [0.1, 0.15) is 10.6 Å². The number of carboxylic acids is 1. The Morgan fingerprint density at radius 1 is 1.44 bits per heavy atom. The van der Waals surface area contributed by atoms with E-state index < -0.39 is 5.97 Å². The highest BCUT2D eigenvalue weighted by Crippen LogP contribution is 2.25.